The van der Waals surface area contributed by atoms with Gasteiger partial charge in [0.1, 0.15) is 11.5 Å². The molecule has 0 aliphatic rings. The van der Waals surface area contributed by atoms with Gasteiger partial charge in [-0.05, 0) is 25.0 Å². The molecule has 4 nitrogen and oxygen atoms in total. The Morgan fingerprint density at radius 3 is 2.25 bits per heavy atom. The molecule has 0 aromatic heterocycles. The number of ether oxygens (including phenoxy) is 2. The van der Waals surface area contributed by atoms with Gasteiger partial charge in [-0.1, -0.05) is 6.07 Å². The minimum Gasteiger partial charge on any atom is -0.496 e. The standard InChI is InChI=1S/C12H19NO3/c1-15-11-4-3-5-12(16-2)10(11)7-6-9(14)8-13/h3-5,9,14H,6-8,13H2,1-2H3. The van der Waals surface area contributed by atoms with Crippen molar-refractivity contribution in [1.29, 1.82) is 0 Å². The van der Waals surface area contributed by atoms with Gasteiger partial charge in [0.15, 0.2) is 0 Å². The minimum absolute atomic E-state index is 0.275. The van der Waals surface area contributed by atoms with Crippen LogP contribution in [0.25, 0.3) is 0 Å². The van der Waals surface area contributed by atoms with Crippen LogP contribution in [0.3, 0.4) is 0 Å². The molecule has 0 spiro atoms. The summed E-state index contributed by atoms with van der Waals surface area (Å²) in [5, 5.41) is 9.44. The molecule has 0 fully saturated rings. The molecule has 1 rings (SSSR count). The Hall–Kier alpha value is -1.26. The molecule has 0 saturated carbocycles. The average Bonchev–Trinajstić information content (AvgIpc) is 2.35. The van der Waals surface area contributed by atoms with Gasteiger partial charge in [0, 0.05) is 12.1 Å². The Kier molecular flexibility index (Phi) is 5.08. The van der Waals surface area contributed by atoms with Crippen molar-refractivity contribution in [2.24, 2.45) is 5.73 Å². The molecule has 0 amide bonds. The van der Waals surface area contributed by atoms with Crippen molar-refractivity contribution in [2.75, 3.05) is 20.8 Å². The van der Waals surface area contributed by atoms with E-state index in [0.29, 0.717) is 12.8 Å². The van der Waals surface area contributed by atoms with E-state index in [1.165, 1.54) is 0 Å². The lowest BCUT2D eigenvalue weighted by Crippen LogP contribution is -2.20. The van der Waals surface area contributed by atoms with Crippen LogP contribution in [0.5, 0.6) is 11.5 Å². The lowest BCUT2D eigenvalue weighted by atomic mass is 10.0. The second kappa shape index (κ2) is 6.35. The van der Waals surface area contributed by atoms with E-state index in [2.05, 4.69) is 0 Å². The fourth-order valence-corrected chi connectivity index (χ4v) is 1.60. The highest BCUT2D eigenvalue weighted by molar-refractivity contribution is 5.44. The predicted octanol–water partition coefficient (Wildman–Crippen LogP) is 0.956. The van der Waals surface area contributed by atoms with E-state index in [0.717, 1.165) is 17.1 Å². The highest BCUT2D eigenvalue weighted by atomic mass is 16.5. The molecule has 1 aromatic rings. The molecule has 0 heterocycles. The maximum Gasteiger partial charge on any atom is 0.125 e. The second-order valence-electron chi connectivity index (χ2n) is 3.57. The van der Waals surface area contributed by atoms with Crippen molar-refractivity contribution < 1.29 is 14.6 Å². The van der Waals surface area contributed by atoms with Crippen LogP contribution >= 0.6 is 0 Å². The fraction of sp³-hybridized carbons (Fsp3) is 0.500. The van der Waals surface area contributed by atoms with Gasteiger partial charge in [-0.25, -0.2) is 0 Å². The van der Waals surface area contributed by atoms with Crippen LogP contribution in [0.15, 0.2) is 18.2 Å². The fourth-order valence-electron chi connectivity index (χ4n) is 1.60. The average molecular weight is 225 g/mol. The summed E-state index contributed by atoms with van der Waals surface area (Å²) < 4.78 is 10.5. The van der Waals surface area contributed by atoms with Gasteiger partial charge < -0.3 is 20.3 Å². The molecule has 0 aliphatic carbocycles. The van der Waals surface area contributed by atoms with E-state index >= 15 is 0 Å². The van der Waals surface area contributed by atoms with Crippen LogP contribution in [-0.2, 0) is 6.42 Å². The van der Waals surface area contributed by atoms with Gasteiger partial charge >= 0.3 is 0 Å². The zero-order chi connectivity index (χ0) is 12.0. The van der Waals surface area contributed by atoms with E-state index in [9.17, 15) is 5.11 Å². The maximum absolute atomic E-state index is 9.44. The highest BCUT2D eigenvalue weighted by Gasteiger charge is 2.11. The van der Waals surface area contributed by atoms with Crippen LogP contribution in [0, 0.1) is 0 Å². The summed E-state index contributed by atoms with van der Waals surface area (Å²) in [5.41, 5.74) is 6.34. The van der Waals surface area contributed by atoms with Gasteiger partial charge in [-0.15, -0.1) is 0 Å². The molecule has 0 aliphatic heterocycles. The first-order valence-corrected chi connectivity index (χ1v) is 5.31. The van der Waals surface area contributed by atoms with Gasteiger partial charge in [0.25, 0.3) is 0 Å². The third-order valence-electron chi connectivity index (χ3n) is 2.53. The summed E-state index contributed by atoms with van der Waals surface area (Å²) in [5.74, 6) is 1.56. The Labute approximate surface area is 96.0 Å². The normalized spacial score (nSPS) is 12.2. The molecule has 16 heavy (non-hydrogen) atoms. The molecule has 1 atom stereocenters. The molecule has 0 radical (unpaired) electrons. The van der Waals surface area contributed by atoms with Gasteiger partial charge in [-0.2, -0.15) is 0 Å². The van der Waals surface area contributed by atoms with Crippen molar-refractivity contribution in [3.63, 3.8) is 0 Å². The van der Waals surface area contributed by atoms with Crippen LogP contribution < -0.4 is 15.2 Å². The number of nitrogens with two attached hydrogens (primary N) is 1. The summed E-state index contributed by atoms with van der Waals surface area (Å²) in [4.78, 5) is 0. The van der Waals surface area contributed by atoms with Crippen molar-refractivity contribution in [1.82, 2.24) is 0 Å². The van der Waals surface area contributed by atoms with Crippen molar-refractivity contribution in [2.45, 2.75) is 18.9 Å². The highest BCUT2D eigenvalue weighted by Crippen LogP contribution is 2.29. The van der Waals surface area contributed by atoms with Gasteiger partial charge in [0.2, 0.25) is 0 Å². The van der Waals surface area contributed by atoms with Crippen LogP contribution in [-0.4, -0.2) is 32.0 Å². The monoisotopic (exact) mass is 225 g/mol. The summed E-state index contributed by atoms with van der Waals surface area (Å²) in [7, 11) is 3.25. The van der Waals surface area contributed by atoms with Gasteiger partial charge in [-0.3, -0.25) is 0 Å². The van der Waals surface area contributed by atoms with Crippen LogP contribution in [0.4, 0.5) is 0 Å². The first-order valence-electron chi connectivity index (χ1n) is 5.31. The topological polar surface area (TPSA) is 64.7 Å². The molecule has 90 valence electrons. The molecule has 4 heteroatoms. The summed E-state index contributed by atoms with van der Waals surface area (Å²) in [6.07, 6.45) is 0.813. The van der Waals surface area contributed by atoms with E-state index in [-0.39, 0.29) is 6.54 Å². The van der Waals surface area contributed by atoms with E-state index in [1.54, 1.807) is 14.2 Å². The second-order valence-corrected chi connectivity index (χ2v) is 3.57. The molecular weight excluding hydrogens is 206 g/mol. The number of rotatable bonds is 6. The van der Waals surface area contributed by atoms with E-state index in [4.69, 9.17) is 15.2 Å². The molecule has 1 aromatic carbocycles. The summed E-state index contributed by atoms with van der Waals surface area (Å²) in [6.45, 7) is 0.275. The van der Waals surface area contributed by atoms with E-state index < -0.39 is 6.10 Å². The first-order chi connectivity index (χ1) is 7.72. The number of methoxy groups -OCH3 is 2. The zero-order valence-electron chi connectivity index (χ0n) is 9.77. The number of benzene rings is 1. The molecule has 1 unspecified atom stereocenters. The number of aliphatic hydroxyl groups is 1. The Morgan fingerprint density at radius 2 is 1.81 bits per heavy atom. The summed E-state index contributed by atoms with van der Waals surface area (Å²) in [6, 6.07) is 5.64. The molecule has 0 bridgehead atoms. The van der Waals surface area contributed by atoms with Gasteiger partial charge in [0.05, 0.1) is 20.3 Å². The first kappa shape index (κ1) is 12.8. The lowest BCUT2D eigenvalue weighted by molar-refractivity contribution is 0.172. The van der Waals surface area contributed by atoms with Crippen molar-refractivity contribution >= 4 is 0 Å². The third-order valence-corrected chi connectivity index (χ3v) is 2.53. The van der Waals surface area contributed by atoms with Crippen LogP contribution in [0.1, 0.15) is 12.0 Å². The lowest BCUT2D eigenvalue weighted by Gasteiger charge is -2.14. The number of hydrogen-bond acceptors (Lipinski definition) is 4. The Bertz CT molecular complexity index is 306. The number of aliphatic hydroxyl groups excluding tert-OH is 1. The molecule has 0 saturated heterocycles. The summed E-state index contributed by atoms with van der Waals surface area (Å²) >= 11 is 0. The van der Waals surface area contributed by atoms with E-state index in [1.807, 2.05) is 18.2 Å². The Balaban J connectivity index is 2.82. The third kappa shape index (κ3) is 3.12. The maximum atomic E-state index is 9.44. The predicted molar refractivity (Wildman–Crippen MR) is 62.9 cm³/mol. The largest absolute Gasteiger partial charge is 0.496 e. The Morgan fingerprint density at radius 1 is 1.25 bits per heavy atom. The van der Waals surface area contributed by atoms with Crippen molar-refractivity contribution in [3.05, 3.63) is 23.8 Å². The van der Waals surface area contributed by atoms with Crippen LogP contribution in [0.2, 0.25) is 0 Å². The molecular formula is C12H19NO3. The number of hydrogen-bond donors (Lipinski definition) is 2. The SMILES string of the molecule is COc1cccc(OC)c1CCC(O)CN. The molecule has 3 N–H and O–H groups in total. The zero-order valence-corrected chi connectivity index (χ0v) is 9.77. The smallest absolute Gasteiger partial charge is 0.125 e. The van der Waals surface area contributed by atoms with Crippen molar-refractivity contribution in [3.8, 4) is 11.5 Å². The quantitative estimate of drug-likeness (QED) is 0.756. The minimum atomic E-state index is -0.477.